The molecule has 5 heteroatoms. The van der Waals surface area contributed by atoms with E-state index in [2.05, 4.69) is 10.5 Å². The highest BCUT2D eigenvalue weighted by atomic mass is 35.5. The van der Waals surface area contributed by atoms with E-state index in [0.717, 1.165) is 5.75 Å². The largest absolute Gasteiger partial charge is 0.292 e. The molecule has 0 spiro atoms. The first-order valence-corrected chi connectivity index (χ1v) is 6.23. The highest BCUT2D eigenvalue weighted by Gasteiger charge is 2.05. The van der Waals surface area contributed by atoms with Gasteiger partial charge in [0.25, 0.3) is 0 Å². The van der Waals surface area contributed by atoms with Crippen LogP contribution in [0.1, 0.15) is 13.8 Å². The highest BCUT2D eigenvalue weighted by molar-refractivity contribution is 8.15. The first kappa shape index (κ1) is 13.1. The first-order valence-electron chi connectivity index (χ1n) is 4.87. The number of benzene rings is 1. The van der Waals surface area contributed by atoms with Crippen LogP contribution in [-0.4, -0.2) is 16.6 Å². The van der Waals surface area contributed by atoms with E-state index in [-0.39, 0.29) is 5.78 Å². The van der Waals surface area contributed by atoms with Crippen molar-refractivity contribution < 1.29 is 4.79 Å². The number of hydrogen-bond donors (Lipinski definition) is 1. The Morgan fingerprint density at radius 1 is 1.50 bits per heavy atom. The second kappa shape index (κ2) is 6.55. The Balaban J connectivity index is 2.77. The van der Waals surface area contributed by atoms with E-state index >= 15 is 0 Å². The molecule has 0 bridgehead atoms. The number of nitrogens with zero attached hydrogens (tertiary/aromatic N) is 1. The van der Waals surface area contributed by atoms with Gasteiger partial charge in [0.2, 0.25) is 0 Å². The third-order valence-corrected chi connectivity index (χ3v) is 3.00. The minimum Gasteiger partial charge on any atom is -0.292 e. The minimum absolute atomic E-state index is 0.0496. The molecule has 3 nitrogen and oxygen atoms in total. The number of nitrogens with one attached hydrogen (secondary N) is 1. The summed E-state index contributed by atoms with van der Waals surface area (Å²) in [6.45, 7) is 3.47. The quantitative estimate of drug-likeness (QED) is 0.510. The molecule has 16 heavy (non-hydrogen) atoms. The SMILES string of the molecule is CCSC(=NNc1ccccc1Cl)C(C)=O. The molecule has 0 radical (unpaired) electrons. The van der Waals surface area contributed by atoms with Gasteiger partial charge in [-0.25, -0.2) is 0 Å². The van der Waals surface area contributed by atoms with Gasteiger partial charge < -0.3 is 0 Å². The van der Waals surface area contributed by atoms with Gasteiger partial charge in [-0.2, -0.15) is 5.10 Å². The van der Waals surface area contributed by atoms with Gasteiger partial charge in [0.1, 0.15) is 0 Å². The van der Waals surface area contributed by atoms with Crippen LogP contribution >= 0.6 is 23.4 Å². The molecule has 1 aromatic rings. The number of carbonyl (C=O) groups excluding carboxylic acids is 1. The van der Waals surface area contributed by atoms with E-state index < -0.39 is 0 Å². The fraction of sp³-hybridized carbons (Fsp3) is 0.273. The van der Waals surface area contributed by atoms with Crippen molar-refractivity contribution in [1.82, 2.24) is 0 Å². The lowest BCUT2D eigenvalue weighted by molar-refractivity contribution is -0.110. The van der Waals surface area contributed by atoms with Gasteiger partial charge in [0, 0.05) is 6.92 Å². The average molecular weight is 257 g/mol. The number of anilines is 1. The van der Waals surface area contributed by atoms with Crippen LogP contribution in [-0.2, 0) is 4.79 Å². The van der Waals surface area contributed by atoms with Crippen LogP contribution < -0.4 is 5.43 Å². The molecule has 0 heterocycles. The standard InChI is InChI=1S/C11H13ClN2OS/c1-3-16-11(8(2)15)14-13-10-7-5-4-6-9(10)12/h4-7,13H,3H2,1-2H3. The van der Waals surface area contributed by atoms with E-state index in [1.165, 1.54) is 18.7 Å². The number of Topliss-reactive ketones (excluding diaryl/α,β-unsaturated/α-hetero) is 1. The zero-order valence-electron chi connectivity index (χ0n) is 9.16. The third-order valence-electron chi connectivity index (χ3n) is 1.73. The molecule has 0 saturated heterocycles. The van der Waals surface area contributed by atoms with Gasteiger partial charge in [-0.1, -0.05) is 30.7 Å². The van der Waals surface area contributed by atoms with Crippen LogP contribution in [0.4, 0.5) is 5.69 Å². The van der Waals surface area contributed by atoms with Crippen molar-refractivity contribution in [3.63, 3.8) is 0 Å². The Hall–Kier alpha value is -1.00. The summed E-state index contributed by atoms with van der Waals surface area (Å²) in [6, 6.07) is 7.26. The fourth-order valence-corrected chi connectivity index (χ4v) is 1.78. The topological polar surface area (TPSA) is 41.5 Å². The fourth-order valence-electron chi connectivity index (χ4n) is 1.01. The summed E-state index contributed by atoms with van der Waals surface area (Å²) in [5, 5.41) is 5.08. The summed E-state index contributed by atoms with van der Waals surface area (Å²) < 4.78 is 0. The number of carbonyl (C=O) groups is 1. The smallest absolute Gasteiger partial charge is 0.186 e. The van der Waals surface area contributed by atoms with Gasteiger partial charge in [-0.15, -0.1) is 11.8 Å². The summed E-state index contributed by atoms with van der Waals surface area (Å²) in [6.07, 6.45) is 0. The van der Waals surface area contributed by atoms with Crippen molar-refractivity contribution in [3.05, 3.63) is 29.3 Å². The molecule has 1 aromatic carbocycles. The molecule has 0 amide bonds. The van der Waals surface area contributed by atoms with Crippen LogP contribution in [0.15, 0.2) is 29.4 Å². The normalized spacial score (nSPS) is 11.3. The van der Waals surface area contributed by atoms with Crippen LogP contribution in [0.25, 0.3) is 0 Å². The number of hydrogen-bond acceptors (Lipinski definition) is 4. The van der Waals surface area contributed by atoms with Gasteiger partial charge in [0.15, 0.2) is 10.8 Å². The van der Waals surface area contributed by atoms with E-state index in [9.17, 15) is 4.79 Å². The van der Waals surface area contributed by atoms with Gasteiger partial charge >= 0.3 is 0 Å². The number of halogens is 1. The van der Waals surface area contributed by atoms with E-state index in [0.29, 0.717) is 15.8 Å². The average Bonchev–Trinajstić information content (AvgIpc) is 2.26. The maximum absolute atomic E-state index is 11.2. The van der Waals surface area contributed by atoms with Gasteiger partial charge in [-0.05, 0) is 17.9 Å². The molecular formula is C11H13ClN2OS. The Kier molecular flexibility index (Phi) is 5.35. The summed E-state index contributed by atoms with van der Waals surface area (Å²) >= 11 is 7.35. The number of hydrazone groups is 1. The van der Waals surface area contributed by atoms with E-state index in [1.54, 1.807) is 12.1 Å². The van der Waals surface area contributed by atoms with Gasteiger partial charge in [-0.3, -0.25) is 10.2 Å². The molecule has 1 rings (SSSR count). The van der Waals surface area contributed by atoms with Crippen molar-refractivity contribution in [1.29, 1.82) is 0 Å². The third kappa shape index (κ3) is 3.87. The number of para-hydroxylation sites is 1. The van der Waals surface area contributed by atoms with Crippen LogP contribution in [0.3, 0.4) is 0 Å². The Morgan fingerprint density at radius 2 is 2.19 bits per heavy atom. The maximum Gasteiger partial charge on any atom is 0.186 e. The number of thioether (sulfide) groups is 1. The zero-order valence-corrected chi connectivity index (χ0v) is 10.7. The number of rotatable bonds is 4. The van der Waals surface area contributed by atoms with Crippen molar-refractivity contribution in [3.8, 4) is 0 Å². The summed E-state index contributed by atoms with van der Waals surface area (Å²) in [7, 11) is 0. The summed E-state index contributed by atoms with van der Waals surface area (Å²) in [4.78, 5) is 11.2. The zero-order chi connectivity index (χ0) is 12.0. The molecule has 0 aliphatic heterocycles. The second-order valence-electron chi connectivity index (χ2n) is 3.00. The van der Waals surface area contributed by atoms with Crippen molar-refractivity contribution >= 4 is 39.9 Å². The first-order chi connectivity index (χ1) is 7.65. The van der Waals surface area contributed by atoms with Crippen molar-refractivity contribution in [2.75, 3.05) is 11.2 Å². The lowest BCUT2D eigenvalue weighted by atomic mass is 10.3. The van der Waals surface area contributed by atoms with Crippen molar-refractivity contribution in [2.24, 2.45) is 5.10 Å². The predicted octanol–water partition coefficient (Wildman–Crippen LogP) is 3.41. The molecule has 0 saturated carbocycles. The maximum atomic E-state index is 11.2. The van der Waals surface area contributed by atoms with Crippen molar-refractivity contribution in [2.45, 2.75) is 13.8 Å². The van der Waals surface area contributed by atoms with Gasteiger partial charge in [0.05, 0.1) is 10.7 Å². The van der Waals surface area contributed by atoms with E-state index in [1.807, 2.05) is 19.1 Å². The Bertz CT molecular complexity index is 407. The molecule has 0 aromatic heterocycles. The summed E-state index contributed by atoms with van der Waals surface area (Å²) in [5.74, 6) is 0.759. The lowest BCUT2D eigenvalue weighted by Crippen LogP contribution is -2.08. The van der Waals surface area contributed by atoms with Crippen LogP contribution in [0.5, 0.6) is 0 Å². The second-order valence-corrected chi connectivity index (χ2v) is 4.66. The molecule has 0 fully saturated rings. The number of ketones is 1. The van der Waals surface area contributed by atoms with E-state index in [4.69, 9.17) is 11.6 Å². The molecule has 0 unspecified atom stereocenters. The Labute approximate surface area is 104 Å². The van der Waals surface area contributed by atoms with Crippen LogP contribution in [0, 0.1) is 0 Å². The van der Waals surface area contributed by atoms with Crippen LogP contribution in [0.2, 0.25) is 5.02 Å². The predicted molar refractivity (Wildman–Crippen MR) is 71.3 cm³/mol. The Morgan fingerprint density at radius 3 is 2.75 bits per heavy atom. The summed E-state index contributed by atoms with van der Waals surface area (Å²) in [5.41, 5.74) is 3.49. The minimum atomic E-state index is -0.0496. The molecule has 1 N–H and O–H groups in total. The molecule has 0 aliphatic carbocycles. The molecule has 86 valence electrons. The molecular weight excluding hydrogens is 244 g/mol. The highest BCUT2D eigenvalue weighted by Crippen LogP contribution is 2.20. The molecule has 0 aliphatic rings. The lowest BCUT2D eigenvalue weighted by Gasteiger charge is -2.04. The molecule has 0 atom stereocenters. The monoisotopic (exact) mass is 256 g/mol.